The monoisotopic (exact) mass is 300 g/mol. The van der Waals surface area contributed by atoms with E-state index in [9.17, 15) is 0 Å². The smallest absolute Gasteiger partial charge is 0.163 e. The Morgan fingerprint density at radius 2 is 2.11 bits per heavy atom. The molecule has 6 heteroatoms. The van der Waals surface area contributed by atoms with Crippen LogP contribution in [-0.4, -0.2) is 53.3 Å². The van der Waals surface area contributed by atoms with Gasteiger partial charge in [-0.3, -0.25) is 4.90 Å². The summed E-state index contributed by atoms with van der Waals surface area (Å²) in [7, 11) is 0. The van der Waals surface area contributed by atoms with Crippen molar-refractivity contribution in [1.29, 1.82) is 0 Å². The highest BCUT2D eigenvalue weighted by Crippen LogP contribution is 2.33. The number of ether oxygens (including phenoxy) is 2. The van der Waals surface area contributed by atoms with E-state index < -0.39 is 5.79 Å². The summed E-state index contributed by atoms with van der Waals surface area (Å²) in [5.74, 6) is 0.709. The average molecular weight is 300 g/mol. The van der Waals surface area contributed by atoms with Crippen LogP contribution in [-0.2, 0) is 9.47 Å². The highest BCUT2D eigenvalue weighted by atomic mass is 32.2. The van der Waals surface area contributed by atoms with Gasteiger partial charge in [0.25, 0.3) is 0 Å². The molecule has 0 aromatic carbocycles. The zero-order valence-electron chi connectivity index (χ0n) is 11.6. The van der Waals surface area contributed by atoms with Crippen molar-refractivity contribution in [2.75, 3.05) is 25.4 Å². The summed E-state index contributed by atoms with van der Waals surface area (Å²) in [5, 5.41) is 1.14. The molecule has 0 unspecified atom stereocenters. The van der Waals surface area contributed by atoms with Gasteiger partial charge in [0, 0.05) is 25.4 Å². The first kappa shape index (κ1) is 13.8. The van der Waals surface area contributed by atoms with Gasteiger partial charge < -0.3 is 9.47 Å². The molecule has 0 N–H and O–H groups in total. The fraction of sp³-hybridized carbons (Fsp3) is 0.769. The zero-order chi connectivity index (χ0) is 13.5. The first-order chi connectivity index (χ1) is 9.02. The van der Waals surface area contributed by atoms with Crippen LogP contribution >= 0.6 is 23.1 Å². The summed E-state index contributed by atoms with van der Waals surface area (Å²) in [6.45, 7) is 9.12. The number of nitrogens with zero attached hydrogens (tertiary/aromatic N) is 2. The van der Waals surface area contributed by atoms with Gasteiger partial charge in [0.2, 0.25) is 0 Å². The van der Waals surface area contributed by atoms with Crippen LogP contribution in [0, 0.1) is 6.92 Å². The predicted octanol–water partition coefficient (Wildman–Crippen LogP) is 2.38. The molecular weight excluding hydrogens is 280 g/mol. The predicted molar refractivity (Wildman–Crippen MR) is 77.8 cm³/mol. The zero-order valence-corrected chi connectivity index (χ0v) is 13.2. The van der Waals surface area contributed by atoms with Gasteiger partial charge in [-0.25, -0.2) is 4.98 Å². The van der Waals surface area contributed by atoms with E-state index in [4.69, 9.17) is 9.47 Å². The number of fused-ring (bicyclic) bond motifs is 1. The van der Waals surface area contributed by atoms with E-state index in [0.717, 1.165) is 30.4 Å². The minimum Gasteiger partial charge on any atom is -0.343 e. The van der Waals surface area contributed by atoms with Crippen molar-refractivity contribution in [3.63, 3.8) is 0 Å². The molecule has 1 aromatic rings. The molecule has 0 spiro atoms. The molecule has 1 aromatic heterocycles. The molecular formula is C13H20N2O2S2. The van der Waals surface area contributed by atoms with E-state index in [1.54, 1.807) is 11.3 Å². The second-order valence-corrected chi connectivity index (χ2v) is 8.15. The summed E-state index contributed by atoms with van der Waals surface area (Å²) < 4.78 is 13.1. The van der Waals surface area contributed by atoms with Gasteiger partial charge in [0.15, 0.2) is 5.79 Å². The van der Waals surface area contributed by atoms with Crippen LogP contribution in [0.5, 0.6) is 0 Å². The maximum Gasteiger partial charge on any atom is 0.163 e. The van der Waals surface area contributed by atoms with Crippen molar-refractivity contribution < 1.29 is 9.47 Å². The van der Waals surface area contributed by atoms with E-state index in [1.165, 1.54) is 4.21 Å². The van der Waals surface area contributed by atoms with Gasteiger partial charge >= 0.3 is 0 Å². The minimum atomic E-state index is -0.393. The van der Waals surface area contributed by atoms with Crippen molar-refractivity contribution >= 4 is 23.1 Å². The van der Waals surface area contributed by atoms with E-state index in [-0.39, 0.29) is 12.2 Å². The number of hydrogen-bond acceptors (Lipinski definition) is 6. The fourth-order valence-electron chi connectivity index (χ4n) is 2.67. The molecule has 0 aliphatic carbocycles. The second kappa shape index (κ2) is 5.33. The third kappa shape index (κ3) is 3.31. The topological polar surface area (TPSA) is 34.6 Å². The van der Waals surface area contributed by atoms with Crippen LogP contribution in [0.3, 0.4) is 0 Å². The summed E-state index contributed by atoms with van der Waals surface area (Å²) in [4.78, 5) is 6.71. The van der Waals surface area contributed by atoms with Crippen LogP contribution in [0.2, 0.25) is 0 Å². The van der Waals surface area contributed by atoms with Crippen molar-refractivity contribution in [3.8, 4) is 0 Å². The Hall–Kier alpha value is -0.140. The highest BCUT2D eigenvalue weighted by Gasteiger charge is 2.46. The molecule has 4 nitrogen and oxygen atoms in total. The number of thiazole rings is 1. The Morgan fingerprint density at radius 3 is 2.68 bits per heavy atom. The molecule has 0 amide bonds. The van der Waals surface area contributed by atoms with E-state index in [2.05, 4.69) is 9.88 Å². The molecule has 2 aliphatic rings. The van der Waals surface area contributed by atoms with Crippen LogP contribution in [0.15, 0.2) is 10.4 Å². The van der Waals surface area contributed by atoms with Gasteiger partial charge in [-0.2, -0.15) is 0 Å². The van der Waals surface area contributed by atoms with Crippen molar-refractivity contribution in [2.45, 2.75) is 43.0 Å². The Bertz CT molecular complexity index is 434. The third-order valence-electron chi connectivity index (χ3n) is 3.41. The molecule has 3 rings (SSSR count). The SMILES string of the molecule is Cc1ncc(SCCN2C[C@@H]3OC(C)(C)O[C@@H]3C2)s1. The maximum atomic E-state index is 5.89. The average Bonchev–Trinajstić information content (AvgIpc) is 2.92. The second-order valence-electron chi connectivity index (χ2n) is 5.52. The lowest BCUT2D eigenvalue weighted by Crippen LogP contribution is -2.31. The lowest BCUT2D eigenvalue weighted by molar-refractivity contribution is -0.155. The Kier molecular flexibility index (Phi) is 3.88. The number of aryl methyl sites for hydroxylation is 1. The molecule has 2 atom stereocenters. The lowest BCUT2D eigenvalue weighted by Gasteiger charge is -2.22. The van der Waals surface area contributed by atoms with Crippen LogP contribution in [0.1, 0.15) is 18.9 Å². The Labute approximate surface area is 122 Å². The molecule has 106 valence electrons. The Balaban J connectivity index is 1.42. The highest BCUT2D eigenvalue weighted by molar-refractivity contribution is 8.01. The van der Waals surface area contributed by atoms with Crippen molar-refractivity contribution in [3.05, 3.63) is 11.2 Å². The first-order valence-corrected chi connectivity index (χ1v) is 8.45. The molecule has 0 bridgehead atoms. The van der Waals surface area contributed by atoms with Crippen molar-refractivity contribution in [2.24, 2.45) is 0 Å². The van der Waals surface area contributed by atoms with Crippen LogP contribution in [0.4, 0.5) is 0 Å². The molecule has 19 heavy (non-hydrogen) atoms. The van der Waals surface area contributed by atoms with Gasteiger partial charge in [-0.15, -0.1) is 23.1 Å². The first-order valence-electron chi connectivity index (χ1n) is 6.65. The standard InChI is InChI=1S/C13H20N2O2S2/c1-9-14-6-12(19-9)18-5-4-15-7-10-11(8-15)17-13(2,3)16-10/h6,10-11H,4-5,7-8H2,1-3H3/t10-,11+. The summed E-state index contributed by atoms with van der Waals surface area (Å²) in [6.07, 6.45) is 2.48. The van der Waals surface area contributed by atoms with Crippen LogP contribution in [0.25, 0.3) is 0 Å². The minimum absolute atomic E-state index is 0.255. The number of aromatic nitrogens is 1. The quantitative estimate of drug-likeness (QED) is 0.798. The third-order valence-corrected chi connectivity index (χ3v) is 5.50. The van der Waals surface area contributed by atoms with Crippen LogP contribution < -0.4 is 0 Å². The largest absolute Gasteiger partial charge is 0.343 e. The summed E-state index contributed by atoms with van der Waals surface area (Å²) in [5.41, 5.74) is 0. The molecule has 2 fully saturated rings. The maximum absolute atomic E-state index is 5.89. The van der Waals surface area contributed by atoms with E-state index in [1.807, 2.05) is 38.7 Å². The van der Waals surface area contributed by atoms with Gasteiger partial charge in [-0.05, 0) is 20.8 Å². The summed E-state index contributed by atoms with van der Waals surface area (Å²) >= 11 is 3.66. The number of thioether (sulfide) groups is 1. The van der Waals surface area contributed by atoms with Gasteiger partial charge in [-0.1, -0.05) is 0 Å². The molecule has 0 radical (unpaired) electrons. The normalized spacial score (nSPS) is 29.8. The lowest BCUT2D eigenvalue weighted by atomic mass is 10.3. The Morgan fingerprint density at radius 1 is 1.42 bits per heavy atom. The number of hydrogen-bond donors (Lipinski definition) is 0. The van der Waals surface area contributed by atoms with Gasteiger partial charge in [0.1, 0.15) is 12.2 Å². The van der Waals surface area contributed by atoms with E-state index >= 15 is 0 Å². The van der Waals surface area contributed by atoms with Crippen molar-refractivity contribution in [1.82, 2.24) is 9.88 Å². The van der Waals surface area contributed by atoms with E-state index in [0.29, 0.717) is 0 Å². The molecule has 0 saturated carbocycles. The molecule has 2 saturated heterocycles. The van der Waals surface area contributed by atoms with Gasteiger partial charge in [0.05, 0.1) is 15.4 Å². The summed E-state index contributed by atoms with van der Waals surface area (Å²) in [6, 6.07) is 0. The molecule has 3 heterocycles. The number of rotatable bonds is 4. The fourth-order valence-corrected chi connectivity index (χ4v) is 4.70. The molecule has 2 aliphatic heterocycles. The number of likely N-dealkylation sites (tertiary alicyclic amines) is 1.